The highest BCUT2D eigenvalue weighted by molar-refractivity contribution is 6.02. The highest BCUT2D eigenvalue weighted by Crippen LogP contribution is 2.24. The number of carbonyl (C=O) groups is 3. The number of benzene rings is 3. The second-order valence-corrected chi connectivity index (χ2v) is 5.67. The molecule has 0 amide bonds. The molecule has 3 rings (SSSR count). The lowest BCUT2D eigenvalue weighted by atomic mass is 9.99. The van der Waals surface area contributed by atoms with Gasteiger partial charge in [0.15, 0.2) is 6.10 Å². The minimum absolute atomic E-state index is 0.275. The van der Waals surface area contributed by atoms with E-state index in [0.717, 1.165) is 0 Å². The summed E-state index contributed by atoms with van der Waals surface area (Å²) in [6, 6.07) is 23.6. The molecule has 0 aliphatic heterocycles. The third-order valence-corrected chi connectivity index (χ3v) is 3.91. The summed E-state index contributed by atoms with van der Waals surface area (Å²) in [5.41, 5.74) is 1.79. The Hall–Kier alpha value is -3.53. The van der Waals surface area contributed by atoms with E-state index in [1.807, 2.05) is 12.1 Å². The molecule has 0 saturated heterocycles. The van der Waals surface area contributed by atoms with Gasteiger partial charge in [0.25, 0.3) is 0 Å². The Morgan fingerprint density at radius 1 is 0.731 bits per heavy atom. The standard InChI is InChI=1S/C22H16O4/c23-15-16-11-13-19(14-12-16)22(25)26-21(18-9-5-2-6-10-18)20(24)17-7-3-1-4-8-17/h1-15,21H/t21-/m0/s1. The Labute approximate surface area is 151 Å². The van der Waals surface area contributed by atoms with Gasteiger partial charge in [0.05, 0.1) is 5.56 Å². The van der Waals surface area contributed by atoms with Gasteiger partial charge >= 0.3 is 5.97 Å². The van der Waals surface area contributed by atoms with Crippen molar-refractivity contribution in [2.75, 3.05) is 0 Å². The minimum Gasteiger partial charge on any atom is -0.445 e. The molecule has 128 valence electrons. The van der Waals surface area contributed by atoms with Crippen molar-refractivity contribution >= 4 is 18.0 Å². The molecular formula is C22H16O4. The fourth-order valence-electron chi connectivity index (χ4n) is 2.53. The summed E-state index contributed by atoms with van der Waals surface area (Å²) in [5, 5.41) is 0. The second-order valence-electron chi connectivity index (χ2n) is 5.67. The highest BCUT2D eigenvalue weighted by atomic mass is 16.5. The average Bonchev–Trinajstić information content (AvgIpc) is 2.72. The second kappa shape index (κ2) is 8.03. The third kappa shape index (κ3) is 3.92. The van der Waals surface area contributed by atoms with Crippen molar-refractivity contribution in [2.45, 2.75) is 6.10 Å². The summed E-state index contributed by atoms with van der Waals surface area (Å²) < 4.78 is 5.54. The smallest absolute Gasteiger partial charge is 0.339 e. The zero-order valence-electron chi connectivity index (χ0n) is 13.9. The Morgan fingerprint density at radius 3 is 1.88 bits per heavy atom. The first-order chi connectivity index (χ1) is 12.7. The maximum atomic E-state index is 12.9. The molecule has 0 heterocycles. The maximum Gasteiger partial charge on any atom is 0.339 e. The number of hydrogen-bond donors (Lipinski definition) is 0. The molecule has 0 radical (unpaired) electrons. The topological polar surface area (TPSA) is 60.4 Å². The molecule has 0 spiro atoms. The lowest BCUT2D eigenvalue weighted by Crippen LogP contribution is -2.20. The Kier molecular flexibility index (Phi) is 5.34. The van der Waals surface area contributed by atoms with Crippen LogP contribution in [-0.4, -0.2) is 18.0 Å². The van der Waals surface area contributed by atoms with E-state index in [1.54, 1.807) is 48.5 Å². The van der Waals surface area contributed by atoms with E-state index < -0.39 is 12.1 Å². The minimum atomic E-state index is -1.04. The lowest BCUT2D eigenvalue weighted by Gasteiger charge is -2.17. The summed E-state index contributed by atoms with van der Waals surface area (Å²) in [6.45, 7) is 0. The molecule has 0 aromatic heterocycles. The maximum absolute atomic E-state index is 12.9. The monoisotopic (exact) mass is 344 g/mol. The SMILES string of the molecule is O=Cc1ccc(C(=O)O[C@H](C(=O)c2ccccc2)c2ccccc2)cc1. The highest BCUT2D eigenvalue weighted by Gasteiger charge is 2.26. The Balaban J connectivity index is 1.89. The van der Waals surface area contributed by atoms with Crippen LogP contribution in [-0.2, 0) is 4.74 Å². The average molecular weight is 344 g/mol. The first kappa shape index (κ1) is 17.3. The molecule has 26 heavy (non-hydrogen) atoms. The summed E-state index contributed by atoms with van der Waals surface area (Å²) in [5.74, 6) is -0.921. The van der Waals surface area contributed by atoms with E-state index >= 15 is 0 Å². The predicted octanol–water partition coefficient (Wildman–Crippen LogP) is 4.28. The first-order valence-electron chi connectivity index (χ1n) is 8.09. The van der Waals surface area contributed by atoms with Crippen LogP contribution in [0.3, 0.4) is 0 Å². The molecule has 0 unspecified atom stereocenters. The normalized spacial score (nSPS) is 11.4. The molecule has 4 heteroatoms. The molecule has 0 aliphatic carbocycles. The molecule has 0 aliphatic rings. The van der Waals surface area contributed by atoms with Gasteiger partial charge in [0.2, 0.25) is 5.78 Å². The molecule has 0 N–H and O–H groups in total. The van der Waals surface area contributed by atoms with Crippen molar-refractivity contribution in [2.24, 2.45) is 0 Å². The largest absolute Gasteiger partial charge is 0.445 e. The van der Waals surface area contributed by atoms with Gasteiger partial charge in [-0.05, 0) is 12.1 Å². The number of Topliss-reactive ketones (excluding diaryl/α,β-unsaturated/α-hetero) is 1. The van der Waals surface area contributed by atoms with Gasteiger partial charge in [0, 0.05) is 16.7 Å². The fraction of sp³-hybridized carbons (Fsp3) is 0.0455. The number of esters is 1. The number of hydrogen-bond acceptors (Lipinski definition) is 4. The zero-order valence-corrected chi connectivity index (χ0v) is 13.9. The van der Waals surface area contributed by atoms with Gasteiger partial charge in [-0.2, -0.15) is 0 Å². The van der Waals surface area contributed by atoms with Crippen LogP contribution in [0, 0.1) is 0 Å². The summed E-state index contributed by atoms with van der Waals surface area (Å²) in [4.78, 5) is 36.1. The van der Waals surface area contributed by atoms with Crippen molar-refractivity contribution in [3.63, 3.8) is 0 Å². The molecule has 3 aromatic rings. The van der Waals surface area contributed by atoms with Gasteiger partial charge in [-0.1, -0.05) is 72.8 Å². The number of aldehydes is 1. The summed E-state index contributed by atoms with van der Waals surface area (Å²) in [6.07, 6.45) is -0.349. The molecular weight excluding hydrogens is 328 g/mol. The van der Waals surface area contributed by atoms with Gasteiger partial charge in [-0.15, -0.1) is 0 Å². The summed E-state index contributed by atoms with van der Waals surface area (Å²) >= 11 is 0. The fourth-order valence-corrected chi connectivity index (χ4v) is 2.53. The third-order valence-electron chi connectivity index (χ3n) is 3.91. The first-order valence-corrected chi connectivity index (χ1v) is 8.09. The predicted molar refractivity (Wildman–Crippen MR) is 97.2 cm³/mol. The van der Waals surface area contributed by atoms with Crippen LogP contribution in [0.15, 0.2) is 84.9 Å². The van der Waals surface area contributed by atoms with Crippen molar-refractivity contribution < 1.29 is 19.1 Å². The number of rotatable bonds is 6. The number of carbonyl (C=O) groups excluding carboxylic acids is 3. The van der Waals surface area contributed by atoms with Crippen molar-refractivity contribution in [3.8, 4) is 0 Å². The van der Waals surface area contributed by atoms with Crippen LogP contribution < -0.4 is 0 Å². The molecule has 0 saturated carbocycles. The van der Waals surface area contributed by atoms with E-state index in [9.17, 15) is 14.4 Å². The van der Waals surface area contributed by atoms with E-state index in [4.69, 9.17) is 4.74 Å². The number of ketones is 1. The van der Waals surface area contributed by atoms with E-state index in [0.29, 0.717) is 23.0 Å². The van der Waals surface area contributed by atoms with Crippen LogP contribution in [0.25, 0.3) is 0 Å². The van der Waals surface area contributed by atoms with Gasteiger partial charge in [0.1, 0.15) is 6.29 Å². The van der Waals surface area contributed by atoms with Crippen LogP contribution >= 0.6 is 0 Å². The zero-order chi connectivity index (χ0) is 18.4. The lowest BCUT2D eigenvalue weighted by molar-refractivity contribution is 0.0280. The van der Waals surface area contributed by atoms with Crippen molar-refractivity contribution in [3.05, 3.63) is 107 Å². The van der Waals surface area contributed by atoms with E-state index in [1.165, 1.54) is 24.3 Å². The van der Waals surface area contributed by atoms with E-state index in [-0.39, 0.29) is 11.3 Å². The van der Waals surface area contributed by atoms with Gasteiger partial charge in [-0.3, -0.25) is 9.59 Å². The molecule has 0 fully saturated rings. The molecule has 0 bridgehead atoms. The Bertz CT molecular complexity index is 900. The van der Waals surface area contributed by atoms with Crippen LogP contribution in [0.5, 0.6) is 0 Å². The van der Waals surface area contributed by atoms with Crippen molar-refractivity contribution in [1.82, 2.24) is 0 Å². The van der Waals surface area contributed by atoms with Gasteiger partial charge in [-0.25, -0.2) is 4.79 Å². The molecule has 3 aromatic carbocycles. The quantitative estimate of drug-likeness (QED) is 0.380. The van der Waals surface area contributed by atoms with Crippen molar-refractivity contribution in [1.29, 1.82) is 0 Å². The number of ether oxygens (including phenoxy) is 1. The van der Waals surface area contributed by atoms with Gasteiger partial charge < -0.3 is 4.74 Å². The molecule has 1 atom stereocenters. The summed E-state index contributed by atoms with van der Waals surface area (Å²) in [7, 11) is 0. The van der Waals surface area contributed by atoms with E-state index in [2.05, 4.69) is 0 Å². The van der Waals surface area contributed by atoms with Crippen LogP contribution in [0.2, 0.25) is 0 Å². The Morgan fingerprint density at radius 2 is 1.31 bits per heavy atom. The molecule has 4 nitrogen and oxygen atoms in total. The van der Waals surface area contributed by atoms with Crippen LogP contribution in [0.4, 0.5) is 0 Å². The van der Waals surface area contributed by atoms with Crippen LogP contribution in [0.1, 0.15) is 42.7 Å².